The van der Waals surface area contributed by atoms with Gasteiger partial charge in [0.15, 0.2) is 0 Å². The number of ether oxygens (including phenoxy) is 1. The molecule has 0 aliphatic rings. The summed E-state index contributed by atoms with van der Waals surface area (Å²) in [5.74, 6) is 1.08. The average molecular weight is 303 g/mol. The molecule has 0 bridgehead atoms. The van der Waals surface area contributed by atoms with Crippen molar-refractivity contribution in [3.05, 3.63) is 36.2 Å². The van der Waals surface area contributed by atoms with Gasteiger partial charge in [0.25, 0.3) is 0 Å². The highest BCUT2D eigenvalue weighted by Gasteiger charge is 2.11. The molecule has 7 heteroatoms. The van der Waals surface area contributed by atoms with Crippen LogP contribution in [0, 0.1) is 0 Å². The van der Waals surface area contributed by atoms with Crippen molar-refractivity contribution in [3.63, 3.8) is 0 Å². The molecule has 0 aliphatic heterocycles. The molecule has 22 heavy (non-hydrogen) atoms. The molecular weight excluding hydrogens is 282 g/mol. The number of amides is 2. The highest BCUT2D eigenvalue weighted by atomic mass is 16.5. The van der Waals surface area contributed by atoms with Crippen molar-refractivity contribution in [2.45, 2.75) is 32.9 Å². The third-order valence-corrected chi connectivity index (χ3v) is 2.92. The van der Waals surface area contributed by atoms with Crippen molar-refractivity contribution in [2.75, 3.05) is 5.32 Å². The zero-order valence-corrected chi connectivity index (χ0v) is 13.2. The molecule has 1 atom stereocenters. The lowest BCUT2D eigenvalue weighted by Gasteiger charge is -2.15. The predicted molar refractivity (Wildman–Crippen MR) is 83.8 cm³/mol. The summed E-state index contributed by atoms with van der Waals surface area (Å²) in [5, 5.41) is 9.40. The molecule has 2 amide bonds. The second-order valence-corrected chi connectivity index (χ2v) is 5.30. The van der Waals surface area contributed by atoms with Gasteiger partial charge >= 0.3 is 6.03 Å². The van der Waals surface area contributed by atoms with Crippen molar-refractivity contribution in [2.24, 2.45) is 7.05 Å². The summed E-state index contributed by atoms with van der Waals surface area (Å²) in [7, 11) is 1.74. The number of nitrogens with zero attached hydrogens (tertiary/aromatic N) is 3. The van der Waals surface area contributed by atoms with Gasteiger partial charge in [-0.3, -0.25) is 10.00 Å². The lowest BCUT2D eigenvalue weighted by molar-refractivity contribution is 0.242. The molecule has 7 nitrogen and oxygen atoms in total. The molecule has 1 unspecified atom stereocenters. The molecule has 0 aliphatic carbocycles. The number of hydrogen-bond donors (Lipinski definition) is 2. The summed E-state index contributed by atoms with van der Waals surface area (Å²) in [6.07, 6.45) is 1.66. The third-order valence-electron chi connectivity index (χ3n) is 2.92. The maximum atomic E-state index is 11.9. The SMILES string of the molecule is CC(C)Oc1ccc(C(C)NC(=O)Nc2ncn(C)n2)cc1. The third kappa shape index (κ3) is 4.47. The van der Waals surface area contributed by atoms with Gasteiger partial charge in [-0.05, 0) is 38.5 Å². The number of nitrogens with one attached hydrogen (secondary N) is 2. The Kier molecular flexibility index (Phi) is 4.98. The zero-order chi connectivity index (χ0) is 16.1. The van der Waals surface area contributed by atoms with E-state index in [1.807, 2.05) is 45.0 Å². The summed E-state index contributed by atoms with van der Waals surface area (Å²) in [5.41, 5.74) is 0.986. The minimum atomic E-state index is -0.346. The Labute approximate surface area is 129 Å². The quantitative estimate of drug-likeness (QED) is 0.889. The van der Waals surface area contributed by atoms with Crippen LogP contribution in [0.15, 0.2) is 30.6 Å². The van der Waals surface area contributed by atoms with Gasteiger partial charge in [0, 0.05) is 7.05 Å². The first-order valence-corrected chi connectivity index (χ1v) is 7.14. The van der Waals surface area contributed by atoms with Crippen LogP contribution in [0.5, 0.6) is 5.75 Å². The Hall–Kier alpha value is -2.57. The van der Waals surface area contributed by atoms with Crippen molar-refractivity contribution in [1.82, 2.24) is 20.1 Å². The van der Waals surface area contributed by atoms with E-state index in [1.54, 1.807) is 7.05 Å². The van der Waals surface area contributed by atoms with E-state index in [0.717, 1.165) is 11.3 Å². The Bertz CT molecular complexity index is 621. The number of urea groups is 1. The fourth-order valence-corrected chi connectivity index (χ4v) is 1.92. The van der Waals surface area contributed by atoms with E-state index in [9.17, 15) is 4.79 Å². The van der Waals surface area contributed by atoms with Crippen LogP contribution in [-0.4, -0.2) is 26.9 Å². The fraction of sp³-hybridized carbons (Fsp3) is 0.400. The molecule has 118 valence electrons. The number of aromatic nitrogens is 3. The Morgan fingerprint density at radius 1 is 1.23 bits per heavy atom. The highest BCUT2D eigenvalue weighted by Crippen LogP contribution is 2.18. The largest absolute Gasteiger partial charge is 0.491 e. The Balaban J connectivity index is 1.90. The molecule has 1 aromatic heterocycles. The fourth-order valence-electron chi connectivity index (χ4n) is 1.92. The van der Waals surface area contributed by atoms with Gasteiger partial charge in [-0.25, -0.2) is 9.78 Å². The molecule has 0 saturated heterocycles. The summed E-state index contributed by atoms with van der Waals surface area (Å²) >= 11 is 0. The number of hydrogen-bond acceptors (Lipinski definition) is 4. The molecule has 2 N–H and O–H groups in total. The molecule has 0 radical (unpaired) electrons. The number of rotatable bonds is 5. The summed E-state index contributed by atoms with van der Waals surface area (Å²) in [4.78, 5) is 15.8. The summed E-state index contributed by atoms with van der Waals surface area (Å²) in [6.45, 7) is 5.87. The van der Waals surface area contributed by atoms with E-state index in [0.29, 0.717) is 0 Å². The van der Waals surface area contributed by atoms with E-state index < -0.39 is 0 Å². The predicted octanol–water partition coefficient (Wildman–Crippen LogP) is 2.49. The van der Waals surface area contributed by atoms with Crippen LogP contribution in [-0.2, 0) is 7.05 Å². The Morgan fingerprint density at radius 2 is 1.91 bits per heavy atom. The van der Waals surface area contributed by atoms with Crippen molar-refractivity contribution in [1.29, 1.82) is 0 Å². The molecule has 0 fully saturated rings. The molecule has 0 saturated carbocycles. The van der Waals surface area contributed by atoms with Gasteiger partial charge in [-0.2, -0.15) is 0 Å². The highest BCUT2D eigenvalue weighted by molar-refractivity contribution is 5.87. The minimum absolute atomic E-state index is 0.137. The van der Waals surface area contributed by atoms with Crippen LogP contribution in [0.25, 0.3) is 0 Å². The maximum absolute atomic E-state index is 11.9. The molecule has 1 heterocycles. The molecule has 2 rings (SSSR count). The average Bonchev–Trinajstić information content (AvgIpc) is 2.83. The second-order valence-electron chi connectivity index (χ2n) is 5.30. The summed E-state index contributed by atoms with van der Waals surface area (Å²) < 4.78 is 7.11. The number of benzene rings is 1. The van der Waals surface area contributed by atoms with Crippen molar-refractivity contribution < 1.29 is 9.53 Å². The van der Waals surface area contributed by atoms with Crippen molar-refractivity contribution >= 4 is 12.0 Å². The van der Waals surface area contributed by atoms with E-state index in [4.69, 9.17) is 4.74 Å². The lowest BCUT2D eigenvalue weighted by atomic mass is 10.1. The van der Waals surface area contributed by atoms with Gasteiger partial charge in [-0.1, -0.05) is 12.1 Å². The van der Waals surface area contributed by atoms with E-state index >= 15 is 0 Å². The first kappa shape index (κ1) is 15.8. The summed E-state index contributed by atoms with van der Waals surface area (Å²) in [6, 6.07) is 7.17. The molecule has 0 spiro atoms. The van der Waals surface area contributed by atoms with Gasteiger partial charge < -0.3 is 10.1 Å². The minimum Gasteiger partial charge on any atom is -0.491 e. The number of carbonyl (C=O) groups is 1. The molecular formula is C15H21N5O2. The van der Waals surface area contributed by atoms with Crippen molar-refractivity contribution in [3.8, 4) is 5.75 Å². The first-order chi connectivity index (χ1) is 10.4. The van der Waals surface area contributed by atoms with Crippen LogP contribution < -0.4 is 15.4 Å². The van der Waals surface area contributed by atoms with Gasteiger partial charge in [-0.15, -0.1) is 5.10 Å². The number of anilines is 1. The second kappa shape index (κ2) is 6.93. The number of aryl methyl sites for hydroxylation is 1. The van der Waals surface area contributed by atoms with Gasteiger partial charge in [0.2, 0.25) is 5.95 Å². The Morgan fingerprint density at radius 3 is 2.45 bits per heavy atom. The number of carbonyl (C=O) groups excluding carboxylic acids is 1. The van der Waals surface area contributed by atoms with Gasteiger partial charge in [0.1, 0.15) is 12.1 Å². The van der Waals surface area contributed by atoms with Crippen LogP contribution >= 0.6 is 0 Å². The van der Waals surface area contributed by atoms with E-state index in [2.05, 4.69) is 20.7 Å². The van der Waals surface area contributed by atoms with Crippen LogP contribution in [0.3, 0.4) is 0 Å². The topological polar surface area (TPSA) is 81.1 Å². The lowest BCUT2D eigenvalue weighted by Crippen LogP contribution is -2.31. The monoisotopic (exact) mass is 303 g/mol. The van der Waals surface area contributed by atoms with Crippen LogP contribution in [0.1, 0.15) is 32.4 Å². The standard InChI is InChI=1S/C15H21N5O2/c1-10(2)22-13-7-5-12(6-8-13)11(3)17-15(21)18-14-16-9-20(4)19-14/h5-11H,1-4H3,(H2,17,18,19,21). The first-order valence-electron chi connectivity index (χ1n) is 7.14. The van der Waals surface area contributed by atoms with Gasteiger partial charge in [0.05, 0.1) is 12.1 Å². The normalized spacial score (nSPS) is 12.0. The van der Waals surface area contributed by atoms with Crippen LogP contribution in [0.4, 0.5) is 10.7 Å². The van der Waals surface area contributed by atoms with E-state index in [1.165, 1.54) is 11.0 Å². The van der Waals surface area contributed by atoms with E-state index in [-0.39, 0.29) is 24.1 Å². The van der Waals surface area contributed by atoms with Crippen LogP contribution in [0.2, 0.25) is 0 Å². The smallest absolute Gasteiger partial charge is 0.322 e. The zero-order valence-electron chi connectivity index (χ0n) is 13.2. The molecule has 2 aromatic rings. The maximum Gasteiger partial charge on any atom is 0.322 e. The molecule has 1 aromatic carbocycles.